The molecule has 0 spiro atoms. The van der Waals surface area contributed by atoms with Gasteiger partial charge in [-0.3, -0.25) is 0 Å². The van der Waals surface area contributed by atoms with Gasteiger partial charge in [0.1, 0.15) is 0 Å². The Morgan fingerprint density at radius 1 is 1.13 bits per heavy atom. The number of benzene rings is 1. The van der Waals surface area contributed by atoms with E-state index in [1.54, 1.807) is 11.8 Å². The van der Waals surface area contributed by atoms with Crippen molar-refractivity contribution in [3.8, 4) is 23.0 Å². The van der Waals surface area contributed by atoms with E-state index in [9.17, 15) is 0 Å². The third kappa shape index (κ3) is 4.31. The zero-order valence-corrected chi connectivity index (χ0v) is 14.8. The molecule has 0 aliphatic carbocycles. The molecule has 3 rings (SSSR count). The second-order valence-corrected chi connectivity index (χ2v) is 5.86. The molecular formula is C15H20ClN3O3S. The molecule has 0 N–H and O–H groups in total. The Bertz CT molecular complexity index is 634. The highest BCUT2D eigenvalue weighted by Crippen LogP contribution is 2.35. The zero-order valence-electron chi connectivity index (χ0n) is 13.2. The molecule has 0 unspecified atom stereocenters. The maximum absolute atomic E-state index is 5.70. The molecule has 1 aliphatic heterocycles. The molecule has 2 aromatic rings. The molecule has 0 radical (unpaired) electrons. The largest absolute Gasteiger partial charge is 0.454 e. The molecular weight excluding hydrogens is 338 g/mol. The molecule has 1 aliphatic rings. The first-order valence-corrected chi connectivity index (χ1v) is 8.37. The molecule has 8 heteroatoms. The third-order valence-corrected chi connectivity index (χ3v) is 4.35. The quantitative estimate of drug-likeness (QED) is 0.704. The molecule has 23 heavy (non-hydrogen) atoms. The minimum absolute atomic E-state index is 0. The maximum Gasteiger partial charge on any atom is 0.276 e. The van der Waals surface area contributed by atoms with Gasteiger partial charge in [-0.15, -0.1) is 22.6 Å². The van der Waals surface area contributed by atoms with Crippen LogP contribution in [0.4, 0.5) is 0 Å². The van der Waals surface area contributed by atoms with Crippen LogP contribution in [0.2, 0.25) is 0 Å². The van der Waals surface area contributed by atoms with Crippen molar-refractivity contribution in [2.75, 3.05) is 32.2 Å². The van der Waals surface area contributed by atoms with Crippen LogP contribution in [0.25, 0.3) is 11.5 Å². The Balaban J connectivity index is 0.00000192. The minimum Gasteiger partial charge on any atom is -0.454 e. The van der Waals surface area contributed by atoms with E-state index in [1.807, 2.05) is 18.2 Å². The molecule has 1 aromatic carbocycles. The van der Waals surface area contributed by atoms with Crippen molar-refractivity contribution in [1.29, 1.82) is 0 Å². The SMILES string of the molecule is CCN(CC)CCSc1nnc(-c2ccc3c(c2)OCO3)o1.Cl. The van der Waals surface area contributed by atoms with Crippen molar-refractivity contribution in [3.05, 3.63) is 18.2 Å². The number of ether oxygens (including phenoxy) is 2. The molecule has 0 bridgehead atoms. The number of halogens is 1. The van der Waals surface area contributed by atoms with Gasteiger partial charge in [0.05, 0.1) is 0 Å². The second-order valence-electron chi connectivity index (χ2n) is 4.82. The minimum atomic E-state index is 0. The molecule has 0 saturated heterocycles. The predicted molar refractivity (Wildman–Crippen MR) is 91.6 cm³/mol. The standard InChI is InChI=1S/C15H19N3O3S.ClH/c1-3-18(4-2)7-8-22-15-17-16-14(21-15)11-5-6-12-13(9-11)20-10-19-12;/h5-6,9H,3-4,7-8,10H2,1-2H3;1H. The third-order valence-electron chi connectivity index (χ3n) is 3.55. The molecule has 126 valence electrons. The van der Waals surface area contributed by atoms with Crippen LogP contribution in [-0.4, -0.2) is 47.3 Å². The average molecular weight is 358 g/mol. The first-order chi connectivity index (χ1) is 10.8. The monoisotopic (exact) mass is 357 g/mol. The average Bonchev–Trinajstić information content (AvgIpc) is 3.19. The van der Waals surface area contributed by atoms with E-state index in [2.05, 4.69) is 28.9 Å². The van der Waals surface area contributed by atoms with Crippen LogP contribution in [0.1, 0.15) is 13.8 Å². The van der Waals surface area contributed by atoms with Gasteiger partial charge in [0, 0.05) is 17.9 Å². The van der Waals surface area contributed by atoms with E-state index in [4.69, 9.17) is 13.9 Å². The van der Waals surface area contributed by atoms with Crippen LogP contribution in [0.3, 0.4) is 0 Å². The van der Waals surface area contributed by atoms with E-state index >= 15 is 0 Å². The summed E-state index contributed by atoms with van der Waals surface area (Å²) >= 11 is 1.58. The number of rotatable bonds is 7. The van der Waals surface area contributed by atoms with Gasteiger partial charge in [-0.05, 0) is 31.3 Å². The summed E-state index contributed by atoms with van der Waals surface area (Å²) in [6.45, 7) is 7.72. The van der Waals surface area contributed by atoms with Gasteiger partial charge < -0.3 is 18.8 Å². The number of hydrogen-bond acceptors (Lipinski definition) is 7. The van der Waals surface area contributed by atoms with E-state index in [-0.39, 0.29) is 19.2 Å². The van der Waals surface area contributed by atoms with Gasteiger partial charge in [0.25, 0.3) is 5.22 Å². The summed E-state index contributed by atoms with van der Waals surface area (Å²) < 4.78 is 16.4. The summed E-state index contributed by atoms with van der Waals surface area (Å²) in [6, 6.07) is 5.61. The van der Waals surface area contributed by atoms with Crippen molar-refractivity contribution >= 4 is 24.2 Å². The molecule has 6 nitrogen and oxygen atoms in total. The van der Waals surface area contributed by atoms with Crippen LogP contribution in [-0.2, 0) is 0 Å². The van der Waals surface area contributed by atoms with Gasteiger partial charge in [0.2, 0.25) is 12.7 Å². The van der Waals surface area contributed by atoms with Crippen molar-refractivity contribution in [3.63, 3.8) is 0 Å². The van der Waals surface area contributed by atoms with E-state index in [1.165, 1.54) is 0 Å². The van der Waals surface area contributed by atoms with Gasteiger partial charge in [-0.1, -0.05) is 25.6 Å². The fraction of sp³-hybridized carbons (Fsp3) is 0.467. The summed E-state index contributed by atoms with van der Waals surface area (Å²) in [5, 5.41) is 8.79. The van der Waals surface area contributed by atoms with Crippen molar-refractivity contribution in [1.82, 2.24) is 15.1 Å². The lowest BCUT2D eigenvalue weighted by molar-refractivity contribution is 0.174. The Kier molecular flexibility index (Phi) is 6.56. The summed E-state index contributed by atoms with van der Waals surface area (Å²) in [5.41, 5.74) is 0.840. The van der Waals surface area contributed by atoms with Crippen molar-refractivity contribution < 1.29 is 13.9 Å². The Labute approximate surface area is 146 Å². The number of nitrogens with zero attached hydrogens (tertiary/aromatic N) is 3. The van der Waals surface area contributed by atoms with E-state index < -0.39 is 0 Å². The normalized spacial score (nSPS) is 12.5. The first kappa shape index (κ1) is 17.9. The first-order valence-electron chi connectivity index (χ1n) is 7.38. The fourth-order valence-electron chi connectivity index (χ4n) is 2.22. The lowest BCUT2D eigenvalue weighted by Gasteiger charge is -2.16. The maximum atomic E-state index is 5.70. The summed E-state index contributed by atoms with van der Waals surface area (Å²) in [7, 11) is 0. The van der Waals surface area contributed by atoms with E-state index in [0.29, 0.717) is 16.9 Å². The predicted octanol–water partition coefficient (Wildman–Crippen LogP) is 3.32. The molecule has 0 amide bonds. The molecule has 0 fully saturated rings. The highest BCUT2D eigenvalue weighted by Gasteiger charge is 2.16. The lowest BCUT2D eigenvalue weighted by atomic mass is 10.2. The van der Waals surface area contributed by atoms with Crippen molar-refractivity contribution in [2.24, 2.45) is 0 Å². The smallest absolute Gasteiger partial charge is 0.276 e. The van der Waals surface area contributed by atoms with Gasteiger partial charge in [-0.2, -0.15) is 0 Å². The van der Waals surface area contributed by atoms with Crippen LogP contribution < -0.4 is 9.47 Å². The number of aromatic nitrogens is 2. The molecule has 0 atom stereocenters. The molecule has 0 saturated carbocycles. The topological polar surface area (TPSA) is 60.6 Å². The number of fused-ring (bicyclic) bond motifs is 1. The van der Waals surface area contributed by atoms with Gasteiger partial charge in [0.15, 0.2) is 11.5 Å². The van der Waals surface area contributed by atoms with E-state index in [0.717, 1.165) is 36.7 Å². The van der Waals surface area contributed by atoms with Crippen LogP contribution in [0.15, 0.2) is 27.8 Å². The van der Waals surface area contributed by atoms with Gasteiger partial charge in [-0.25, -0.2) is 0 Å². The second kappa shape index (κ2) is 8.42. The Hall–Kier alpha value is -1.44. The van der Waals surface area contributed by atoms with Crippen LogP contribution in [0.5, 0.6) is 11.5 Å². The highest BCUT2D eigenvalue weighted by atomic mass is 35.5. The molecule has 1 aromatic heterocycles. The van der Waals surface area contributed by atoms with Gasteiger partial charge >= 0.3 is 0 Å². The fourth-order valence-corrected chi connectivity index (χ4v) is 2.98. The lowest BCUT2D eigenvalue weighted by Crippen LogP contribution is -2.25. The summed E-state index contributed by atoms with van der Waals surface area (Å²) in [5.74, 6) is 2.90. The number of thioether (sulfide) groups is 1. The Morgan fingerprint density at radius 3 is 2.70 bits per heavy atom. The number of hydrogen-bond donors (Lipinski definition) is 0. The summed E-state index contributed by atoms with van der Waals surface area (Å²) in [6.07, 6.45) is 0. The molecule has 2 heterocycles. The highest BCUT2D eigenvalue weighted by molar-refractivity contribution is 7.99. The van der Waals surface area contributed by atoms with Crippen LogP contribution in [0, 0.1) is 0 Å². The van der Waals surface area contributed by atoms with Crippen LogP contribution >= 0.6 is 24.2 Å². The Morgan fingerprint density at radius 2 is 1.91 bits per heavy atom. The zero-order chi connectivity index (χ0) is 15.4. The summed E-state index contributed by atoms with van der Waals surface area (Å²) in [4.78, 5) is 2.36. The van der Waals surface area contributed by atoms with Crippen molar-refractivity contribution in [2.45, 2.75) is 19.1 Å².